The predicted octanol–water partition coefficient (Wildman–Crippen LogP) is 2.24. The summed E-state index contributed by atoms with van der Waals surface area (Å²) in [5, 5.41) is 10.0. The molecule has 0 aromatic carbocycles. The third kappa shape index (κ3) is 2.68. The molecule has 0 aliphatic rings. The molecule has 0 fully saturated rings. The fraction of sp³-hybridized carbons (Fsp3) is 0.385. The van der Waals surface area contributed by atoms with Crippen molar-refractivity contribution in [1.29, 1.82) is 0 Å². The Morgan fingerprint density at radius 2 is 2.06 bits per heavy atom. The quantitative estimate of drug-likeness (QED) is 0.868. The molecule has 0 saturated heterocycles. The van der Waals surface area contributed by atoms with E-state index in [1.54, 1.807) is 0 Å². The Balaban J connectivity index is 2.35. The van der Waals surface area contributed by atoms with Crippen LogP contribution in [-0.4, -0.2) is 22.2 Å². The first kappa shape index (κ1) is 12.6. The number of ether oxygens (including phenoxy) is 1. The highest BCUT2D eigenvalue weighted by Crippen LogP contribution is 2.25. The van der Waals surface area contributed by atoms with Gasteiger partial charge in [0.25, 0.3) is 0 Å². The van der Waals surface area contributed by atoms with Crippen LogP contribution >= 0.6 is 0 Å². The molecule has 0 saturated carbocycles. The van der Waals surface area contributed by atoms with E-state index in [1.807, 2.05) is 27.0 Å². The Morgan fingerprint density at radius 3 is 2.67 bits per heavy atom. The summed E-state index contributed by atoms with van der Waals surface area (Å²) in [5.41, 5.74) is 4.13. The van der Waals surface area contributed by atoms with Crippen LogP contribution in [0.15, 0.2) is 12.1 Å². The van der Waals surface area contributed by atoms with E-state index in [2.05, 4.69) is 33.5 Å². The van der Waals surface area contributed by atoms with E-state index < -0.39 is 0 Å². The van der Waals surface area contributed by atoms with Gasteiger partial charge in [-0.25, -0.2) is 4.98 Å². The number of aromatic nitrogens is 3. The summed E-state index contributed by atoms with van der Waals surface area (Å²) in [6.45, 7) is 6.67. The number of pyridine rings is 1. The number of nitrogens with one attached hydrogen (secondary N) is 2. The molecule has 5 nitrogen and oxygen atoms in total. The fourth-order valence-electron chi connectivity index (χ4n) is 1.85. The molecule has 2 rings (SSSR count). The molecular weight excluding hydrogens is 228 g/mol. The zero-order valence-corrected chi connectivity index (χ0v) is 11.2. The maximum Gasteiger partial charge on any atom is 0.240 e. The van der Waals surface area contributed by atoms with Gasteiger partial charge in [0.2, 0.25) is 11.8 Å². The van der Waals surface area contributed by atoms with Crippen LogP contribution in [0.25, 0.3) is 0 Å². The smallest absolute Gasteiger partial charge is 0.240 e. The maximum absolute atomic E-state index is 5.75. The lowest BCUT2D eigenvalue weighted by Crippen LogP contribution is -2.09. The van der Waals surface area contributed by atoms with Crippen molar-refractivity contribution in [3.05, 3.63) is 34.6 Å². The van der Waals surface area contributed by atoms with Gasteiger partial charge in [-0.1, -0.05) is 0 Å². The van der Waals surface area contributed by atoms with Gasteiger partial charge in [-0.15, -0.1) is 5.10 Å². The molecule has 0 bridgehead atoms. The maximum atomic E-state index is 5.75. The van der Waals surface area contributed by atoms with Crippen LogP contribution < -0.4 is 10.1 Å². The molecular formula is C13H18N4O. The largest absolute Gasteiger partial charge is 0.419 e. The first-order chi connectivity index (χ1) is 8.60. The highest BCUT2D eigenvalue weighted by Gasteiger charge is 2.11. The molecule has 5 heteroatoms. The van der Waals surface area contributed by atoms with E-state index in [9.17, 15) is 0 Å². The highest BCUT2D eigenvalue weighted by atomic mass is 16.5. The van der Waals surface area contributed by atoms with Gasteiger partial charge in [0.1, 0.15) is 0 Å². The van der Waals surface area contributed by atoms with E-state index in [0.717, 1.165) is 23.5 Å². The molecule has 0 unspecified atom stereocenters. The number of aromatic amines is 1. The lowest BCUT2D eigenvalue weighted by atomic mass is 10.1. The van der Waals surface area contributed by atoms with Crippen LogP contribution in [0.5, 0.6) is 11.8 Å². The van der Waals surface area contributed by atoms with Gasteiger partial charge < -0.3 is 10.1 Å². The predicted molar refractivity (Wildman–Crippen MR) is 69.9 cm³/mol. The summed E-state index contributed by atoms with van der Waals surface area (Å²) in [4.78, 5) is 4.44. The van der Waals surface area contributed by atoms with Crippen LogP contribution in [0.4, 0.5) is 0 Å². The van der Waals surface area contributed by atoms with Gasteiger partial charge in [-0.05, 0) is 39.4 Å². The van der Waals surface area contributed by atoms with Crippen LogP contribution in [0, 0.1) is 20.8 Å². The van der Waals surface area contributed by atoms with Crippen LogP contribution in [0.3, 0.4) is 0 Å². The molecule has 2 aromatic heterocycles. The van der Waals surface area contributed by atoms with Crippen LogP contribution in [0.1, 0.15) is 22.5 Å². The monoisotopic (exact) mass is 246 g/mol. The summed E-state index contributed by atoms with van der Waals surface area (Å²) in [6.07, 6.45) is 0. The van der Waals surface area contributed by atoms with Crippen molar-refractivity contribution < 1.29 is 4.74 Å². The van der Waals surface area contributed by atoms with Gasteiger partial charge in [0, 0.05) is 29.6 Å². The number of nitrogens with zero attached hydrogens (tertiary/aromatic N) is 2. The van der Waals surface area contributed by atoms with Gasteiger partial charge in [-0.2, -0.15) is 0 Å². The topological polar surface area (TPSA) is 62.8 Å². The van der Waals surface area contributed by atoms with Gasteiger partial charge in [-0.3, -0.25) is 5.10 Å². The van der Waals surface area contributed by atoms with Gasteiger partial charge in [0.15, 0.2) is 0 Å². The van der Waals surface area contributed by atoms with Crippen LogP contribution in [0.2, 0.25) is 0 Å². The van der Waals surface area contributed by atoms with E-state index in [4.69, 9.17) is 4.74 Å². The molecule has 0 aliphatic heterocycles. The summed E-state index contributed by atoms with van der Waals surface area (Å²) in [5.74, 6) is 1.16. The highest BCUT2D eigenvalue weighted by molar-refractivity contribution is 5.37. The van der Waals surface area contributed by atoms with E-state index in [-0.39, 0.29) is 0 Å². The van der Waals surface area contributed by atoms with Crippen LogP contribution in [-0.2, 0) is 6.54 Å². The molecule has 96 valence electrons. The third-order valence-corrected chi connectivity index (χ3v) is 2.67. The number of rotatable bonds is 4. The van der Waals surface area contributed by atoms with Crippen molar-refractivity contribution in [2.75, 3.05) is 7.05 Å². The lowest BCUT2D eigenvalue weighted by molar-refractivity contribution is 0.434. The Bertz CT molecular complexity index is 548. The van der Waals surface area contributed by atoms with E-state index in [1.165, 1.54) is 5.56 Å². The zero-order chi connectivity index (χ0) is 13.1. The first-order valence-corrected chi connectivity index (χ1v) is 5.91. The first-order valence-electron chi connectivity index (χ1n) is 5.91. The summed E-state index contributed by atoms with van der Waals surface area (Å²) >= 11 is 0. The van der Waals surface area contributed by atoms with Crippen molar-refractivity contribution in [3.8, 4) is 11.8 Å². The Labute approximate surface area is 107 Å². The summed E-state index contributed by atoms with van der Waals surface area (Å²) in [6, 6.07) is 3.90. The molecule has 0 radical (unpaired) electrons. The van der Waals surface area contributed by atoms with Crippen molar-refractivity contribution in [2.24, 2.45) is 0 Å². The standard InChI is InChI=1S/C13H18N4O/c1-8-5-9(2)15-13(11(8)7-14-4)18-12-6-10(3)16-17-12/h5-6,14H,7H2,1-4H3,(H,16,17). The van der Waals surface area contributed by atoms with Crippen molar-refractivity contribution in [1.82, 2.24) is 20.5 Å². The van der Waals surface area contributed by atoms with Crippen molar-refractivity contribution >= 4 is 0 Å². The molecule has 0 aliphatic carbocycles. The molecule has 0 amide bonds. The normalized spacial score (nSPS) is 10.7. The number of hydrogen-bond donors (Lipinski definition) is 2. The SMILES string of the molecule is CNCc1c(C)cc(C)nc1Oc1cc(C)[nH]n1. The molecule has 2 N–H and O–H groups in total. The van der Waals surface area contributed by atoms with Gasteiger partial charge in [0.05, 0.1) is 0 Å². The average Bonchev–Trinajstić information content (AvgIpc) is 2.69. The minimum atomic E-state index is 0.544. The minimum absolute atomic E-state index is 0.544. The summed E-state index contributed by atoms with van der Waals surface area (Å²) in [7, 11) is 1.90. The molecule has 18 heavy (non-hydrogen) atoms. The van der Waals surface area contributed by atoms with E-state index in [0.29, 0.717) is 11.8 Å². The molecule has 2 heterocycles. The van der Waals surface area contributed by atoms with Crippen molar-refractivity contribution in [2.45, 2.75) is 27.3 Å². The van der Waals surface area contributed by atoms with E-state index >= 15 is 0 Å². The molecule has 0 spiro atoms. The Morgan fingerprint density at radius 1 is 1.28 bits per heavy atom. The molecule has 2 aromatic rings. The second-order valence-corrected chi connectivity index (χ2v) is 4.39. The second kappa shape index (κ2) is 5.18. The Hall–Kier alpha value is -1.88. The number of H-pyrrole nitrogens is 1. The summed E-state index contributed by atoms with van der Waals surface area (Å²) < 4.78 is 5.75. The Kier molecular flexibility index (Phi) is 3.62. The van der Waals surface area contributed by atoms with Crippen molar-refractivity contribution in [3.63, 3.8) is 0 Å². The average molecular weight is 246 g/mol. The number of hydrogen-bond acceptors (Lipinski definition) is 4. The third-order valence-electron chi connectivity index (χ3n) is 2.67. The zero-order valence-electron chi connectivity index (χ0n) is 11.2. The molecule has 0 atom stereocenters. The number of aryl methyl sites for hydroxylation is 3. The second-order valence-electron chi connectivity index (χ2n) is 4.39. The fourth-order valence-corrected chi connectivity index (χ4v) is 1.85. The van der Waals surface area contributed by atoms with Gasteiger partial charge >= 0.3 is 0 Å². The lowest BCUT2D eigenvalue weighted by Gasteiger charge is -2.12. The minimum Gasteiger partial charge on any atom is -0.419 e.